The molecule has 3 aromatic rings. The Balaban J connectivity index is 1.61. The molecule has 0 spiro atoms. The fourth-order valence-corrected chi connectivity index (χ4v) is 3.54. The maximum atomic E-state index is 13.0. The van der Waals surface area contributed by atoms with Crippen molar-refractivity contribution in [1.82, 2.24) is 15.1 Å². The zero-order valence-corrected chi connectivity index (χ0v) is 18.3. The number of nitrogens with one attached hydrogen (secondary N) is 1. The second-order valence-corrected chi connectivity index (χ2v) is 7.57. The lowest BCUT2D eigenvalue weighted by Gasteiger charge is -2.20. The number of nitriles is 1. The fraction of sp³-hybridized carbons (Fsp3) is 0.167. The molecule has 0 fully saturated rings. The lowest BCUT2D eigenvalue weighted by atomic mass is 10.2. The van der Waals surface area contributed by atoms with E-state index in [1.54, 1.807) is 43.3 Å². The summed E-state index contributed by atoms with van der Waals surface area (Å²) in [7, 11) is 1.53. The summed E-state index contributed by atoms with van der Waals surface area (Å²) in [5, 5.41) is 15.9. The predicted molar refractivity (Wildman–Crippen MR) is 122 cm³/mol. The van der Waals surface area contributed by atoms with Gasteiger partial charge in [0, 0.05) is 24.9 Å². The summed E-state index contributed by atoms with van der Waals surface area (Å²) >= 11 is 0. The van der Waals surface area contributed by atoms with Crippen LogP contribution < -0.4 is 20.4 Å². The maximum absolute atomic E-state index is 13.0. The number of rotatable bonds is 3. The van der Waals surface area contributed by atoms with Gasteiger partial charge in [-0.25, -0.2) is 9.53 Å². The Hall–Kier alpha value is -4.96. The maximum Gasteiger partial charge on any atom is 0.276 e. The molecule has 0 saturated heterocycles. The molecule has 1 N–H and O–H groups in total. The number of carbonyl (C=O) groups is 2. The third-order valence-corrected chi connectivity index (χ3v) is 5.34. The van der Waals surface area contributed by atoms with Crippen molar-refractivity contribution in [3.63, 3.8) is 0 Å². The summed E-state index contributed by atoms with van der Waals surface area (Å²) in [5.41, 5.74) is 1.35. The minimum Gasteiger partial charge on any atom is -0.489 e. The van der Waals surface area contributed by atoms with Crippen LogP contribution in [0.3, 0.4) is 0 Å². The van der Waals surface area contributed by atoms with Gasteiger partial charge in [0.05, 0.1) is 29.6 Å². The van der Waals surface area contributed by atoms with E-state index in [0.29, 0.717) is 34.1 Å². The van der Waals surface area contributed by atoms with Crippen LogP contribution in [0.15, 0.2) is 53.3 Å². The molecule has 2 amide bonds. The lowest BCUT2D eigenvalue weighted by Crippen LogP contribution is -2.50. The van der Waals surface area contributed by atoms with Gasteiger partial charge >= 0.3 is 0 Å². The molecule has 1 atom stereocenters. The number of benzene rings is 2. The van der Waals surface area contributed by atoms with Crippen LogP contribution in [0.25, 0.3) is 10.5 Å². The van der Waals surface area contributed by atoms with Crippen molar-refractivity contribution in [2.24, 2.45) is 0 Å². The molecule has 1 aliphatic heterocycles. The molecule has 0 radical (unpaired) electrons. The molecule has 10 nitrogen and oxygen atoms in total. The molecular weight excluding hydrogens is 436 g/mol. The quantitative estimate of drug-likeness (QED) is 0.605. The molecule has 2 aromatic carbocycles. The van der Waals surface area contributed by atoms with E-state index < -0.39 is 23.3 Å². The van der Waals surface area contributed by atoms with Gasteiger partial charge in [0.1, 0.15) is 18.4 Å². The van der Waals surface area contributed by atoms with E-state index in [2.05, 4.69) is 15.3 Å². The van der Waals surface area contributed by atoms with E-state index in [0.717, 1.165) is 0 Å². The zero-order chi connectivity index (χ0) is 24.4. The van der Waals surface area contributed by atoms with Gasteiger partial charge in [0.15, 0.2) is 11.4 Å². The third-order valence-electron chi connectivity index (χ3n) is 5.34. The fourth-order valence-electron chi connectivity index (χ4n) is 3.54. The smallest absolute Gasteiger partial charge is 0.276 e. The number of aromatic nitrogens is 2. The molecule has 0 saturated carbocycles. The second kappa shape index (κ2) is 8.88. The van der Waals surface area contributed by atoms with Crippen molar-refractivity contribution in [3.8, 4) is 17.5 Å². The molecule has 168 valence electrons. The average molecular weight is 454 g/mol. The Labute approximate surface area is 194 Å². The highest BCUT2D eigenvalue weighted by Gasteiger charge is 2.32. The molecule has 0 aliphatic carbocycles. The minimum atomic E-state index is -1.08. The van der Waals surface area contributed by atoms with Crippen LogP contribution in [0.2, 0.25) is 0 Å². The van der Waals surface area contributed by atoms with Gasteiger partial charge in [-0.1, -0.05) is 12.1 Å². The number of ether oxygens (including phenoxy) is 1. The first-order valence-corrected chi connectivity index (χ1v) is 10.2. The SMILES string of the molecule is [C-]#[N+]c1ccc(-n2nc(C(=O)N[C@H]3COc4cc(C#N)ccc4N(C)C3=O)c(=O)cc2C)cc1. The molecule has 1 aliphatic rings. The van der Waals surface area contributed by atoms with Gasteiger partial charge < -0.3 is 15.0 Å². The van der Waals surface area contributed by atoms with E-state index in [1.807, 2.05) is 6.07 Å². The van der Waals surface area contributed by atoms with Crippen molar-refractivity contribution in [3.05, 3.63) is 87.1 Å². The summed E-state index contributed by atoms with van der Waals surface area (Å²) in [6.45, 7) is 8.55. The van der Waals surface area contributed by atoms with Crippen molar-refractivity contribution >= 4 is 23.2 Å². The van der Waals surface area contributed by atoms with Crippen molar-refractivity contribution < 1.29 is 14.3 Å². The van der Waals surface area contributed by atoms with Crippen LogP contribution in [-0.2, 0) is 4.79 Å². The van der Waals surface area contributed by atoms with Gasteiger partial charge in [-0.05, 0) is 31.2 Å². The highest BCUT2D eigenvalue weighted by molar-refractivity contribution is 6.02. The van der Waals surface area contributed by atoms with E-state index in [9.17, 15) is 14.4 Å². The largest absolute Gasteiger partial charge is 0.489 e. The van der Waals surface area contributed by atoms with E-state index in [4.69, 9.17) is 16.6 Å². The van der Waals surface area contributed by atoms with Gasteiger partial charge in [0.25, 0.3) is 11.8 Å². The summed E-state index contributed by atoms with van der Waals surface area (Å²) in [6, 6.07) is 13.4. The molecule has 2 heterocycles. The van der Waals surface area contributed by atoms with Gasteiger partial charge in [0.2, 0.25) is 5.43 Å². The first kappa shape index (κ1) is 22.2. The summed E-state index contributed by atoms with van der Waals surface area (Å²) in [6.07, 6.45) is 0. The summed E-state index contributed by atoms with van der Waals surface area (Å²) in [4.78, 5) is 43.1. The Morgan fingerprint density at radius 3 is 2.65 bits per heavy atom. The van der Waals surface area contributed by atoms with Gasteiger partial charge in [-0.3, -0.25) is 14.4 Å². The normalized spacial score (nSPS) is 14.8. The molecule has 0 unspecified atom stereocenters. The van der Waals surface area contributed by atoms with Crippen LogP contribution in [0.4, 0.5) is 11.4 Å². The zero-order valence-electron chi connectivity index (χ0n) is 18.3. The highest BCUT2D eigenvalue weighted by atomic mass is 16.5. The predicted octanol–water partition coefficient (Wildman–Crippen LogP) is 2.12. The van der Waals surface area contributed by atoms with Crippen LogP contribution >= 0.6 is 0 Å². The van der Waals surface area contributed by atoms with Crippen LogP contribution in [0.5, 0.6) is 5.75 Å². The molecule has 10 heteroatoms. The van der Waals surface area contributed by atoms with Crippen LogP contribution in [0, 0.1) is 24.8 Å². The molecule has 34 heavy (non-hydrogen) atoms. The van der Waals surface area contributed by atoms with Crippen molar-refractivity contribution in [2.75, 3.05) is 18.6 Å². The number of hydrogen-bond donors (Lipinski definition) is 1. The average Bonchev–Trinajstić information content (AvgIpc) is 2.96. The monoisotopic (exact) mass is 454 g/mol. The minimum absolute atomic E-state index is 0.186. The second-order valence-electron chi connectivity index (χ2n) is 7.57. The number of nitrogens with zero attached hydrogens (tertiary/aromatic N) is 5. The lowest BCUT2D eigenvalue weighted by molar-refractivity contribution is -0.120. The molecule has 4 rings (SSSR count). The Morgan fingerprint density at radius 2 is 1.97 bits per heavy atom. The number of hydrogen-bond acceptors (Lipinski definition) is 6. The molecular formula is C24H18N6O4. The Bertz CT molecular complexity index is 1450. The van der Waals surface area contributed by atoms with Crippen molar-refractivity contribution in [1.29, 1.82) is 5.26 Å². The number of likely N-dealkylation sites (N-methyl/N-ethyl adjacent to an activating group) is 1. The number of carbonyl (C=O) groups excluding carboxylic acids is 2. The Kier molecular flexibility index (Phi) is 5.81. The summed E-state index contributed by atoms with van der Waals surface area (Å²) < 4.78 is 7.11. The van der Waals surface area contributed by atoms with Crippen LogP contribution in [0.1, 0.15) is 21.7 Å². The van der Waals surface area contributed by atoms with E-state index in [-0.39, 0.29) is 12.3 Å². The van der Waals surface area contributed by atoms with Gasteiger partial charge in [-0.15, -0.1) is 0 Å². The van der Waals surface area contributed by atoms with Crippen LogP contribution in [-0.4, -0.2) is 41.3 Å². The highest BCUT2D eigenvalue weighted by Crippen LogP contribution is 2.31. The number of anilines is 1. The van der Waals surface area contributed by atoms with E-state index in [1.165, 1.54) is 28.8 Å². The first-order valence-electron chi connectivity index (χ1n) is 10.2. The molecule has 1 aromatic heterocycles. The van der Waals surface area contributed by atoms with Crippen molar-refractivity contribution in [2.45, 2.75) is 13.0 Å². The summed E-state index contributed by atoms with van der Waals surface area (Å²) in [5.74, 6) is -0.931. The Morgan fingerprint density at radius 1 is 1.24 bits per heavy atom. The molecule has 0 bridgehead atoms. The standard InChI is InChI=1S/C24H18N6O4/c1-14-10-20(31)22(28-30(14)17-7-5-16(26-2)6-8-17)23(32)27-18-13-34-21-11-15(12-25)4-9-19(21)29(3)24(18)33/h4-11,18H,13H2,1,3H3,(H,27,32)/t18-/m0/s1. The van der Waals surface area contributed by atoms with Gasteiger partial charge in [-0.2, -0.15) is 10.4 Å². The first-order chi connectivity index (χ1) is 16.3. The number of aryl methyl sites for hydroxylation is 1. The topological polar surface area (TPSA) is 122 Å². The van der Waals surface area contributed by atoms with E-state index >= 15 is 0 Å². The number of amides is 2. The third kappa shape index (κ3) is 4.08. The number of fused-ring (bicyclic) bond motifs is 1.